The highest BCUT2D eigenvalue weighted by atomic mass is 16.3. The number of rotatable bonds is 5. The minimum Gasteiger partial charge on any atom is -0.396 e. The molecule has 0 aliphatic carbocycles. The first-order chi connectivity index (χ1) is 5.61. The van der Waals surface area contributed by atoms with E-state index in [-0.39, 0.29) is 6.61 Å². The van der Waals surface area contributed by atoms with Crippen molar-refractivity contribution >= 4 is 5.71 Å². The number of aliphatic hydroxyl groups excluding tert-OH is 1. The molecule has 0 aliphatic heterocycles. The fourth-order valence-electron chi connectivity index (χ4n) is 0.712. The van der Waals surface area contributed by atoms with Crippen molar-refractivity contribution in [2.75, 3.05) is 13.2 Å². The quantitative estimate of drug-likeness (QED) is 0.626. The van der Waals surface area contributed by atoms with E-state index < -0.39 is 0 Å². The minimum atomic E-state index is 0.240. The van der Waals surface area contributed by atoms with Gasteiger partial charge in [-0.15, -0.1) is 0 Å². The van der Waals surface area contributed by atoms with E-state index in [0.717, 1.165) is 12.3 Å². The number of hydrogen-bond acceptors (Lipinski definition) is 2. The molecule has 0 aromatic heterocycles. The summed E-state index contributed by atoms with van der Waals surface area (Å²) in [5.41, 5.74) is 0.965. The fraction of sp³-hybridized carbons (Fsp3) is 0.700. The van der Waals surface area contributed by atoms with E-state index >= 15 is 0 Å². The van der Waals surface area contributed by atoms with Crippen molar-refractivity contribution in [3.8, 4) is 0 Å². The van der Waals surface area contributed by atoms with Gasteiger partial charge < -0.3 is 5.11 Å². The summed E-state index contributed by atoms with van der Waals surface area (Å²) >= 11 is 0. The molecule has 2 heteroatoms. The first-order valence-corrected chi connectivity index (χ1v) is 4.36. The Morgan fingerprint density at radius 2 is 2.08 bits per heavy atom. The smallest absolute Gasteiger partial charge is 0.0459 e. The molecule has 2 unspecified atom stereocenters. The molecule has 70 valence electrons. The van der Waals surface area contributed by atoms with Gasteiger partial charge in [-0.1, -0.05) is 20.4 Å². The Morgan fingerprint density at radius 1 is 1.50 bits per heavy atom. The van der Waals surface area contributed by atoms with E-state index in [0.29, 0.717) is 11.8 Å². The van der Waals surface area contributed by atoms with E-state index in [1.807, 2.05) is 13.8 Å². The summed E-state index contributed by atoms with van der Waals surface area (Å²) in [5.74, 6) is 0.760. The van der Waals surface area contributed by atoms with Crippen molar-refractivity contribution < 1.29 is 5.11 Å². The Hall–Kier alpha value is -0.630. The predicted octanol–water partition coefficient (Wildman–Crippen LogP) is 1.90. The largest absolute Gasteiger partial charge is 0.396 e. The lowest BCUT2D eigenvalue weighted by Gasteiger charge is -2.14. The number of aliphatic imine (C=N–C) groups is 1. The molecule has 0 aliphatic rings. The zero-order valence-corrected chi connectivity index (χ0v) is 8.25. The maximum absolute atomic E-state index is 8.86. The molecule has 0 aromatic rings. The predicted molar refractivity (Wildman–Crippen MR) is 53.6 cm³/mol. The summed E-state index contributed by atoms with van der Waals surface area (Å²) in [6, 6.07) is 0. The van der Waals surface area contributed by atoms with E-state index in [1.54, 1.807) is 6.08 Å². The highest BCUT2D eigenvalue weighted by molar-refractivity contribution is 5.92. The summed E-state index contributed by atoms with van der Waals surface area (Å²) < 4.78 is 0. The van der Waals surface area contributed by atoms with Crippen LogP contribution >= 0.6 is 0 Å². The van der Waals surface area contributed by atoms with E-state index in [9.17, 15) is 0 Å². The van der Waals surface area contributed by atoms with Gasteiger partial charge in [0.1, 0.15) is 0 Å². The number of nitrogens with zero attached hydrogens (tertiary/aromatic N) is 1. The summed E-state index contributed by atoms with van der Waals surface area (Å²) in [7, 11) is 0. The van der Waals surface area contributed by atoms with Crippen LogP contribution in [0.15, 0.2) is 17.6 Å². The topological polar surface area (TPSA) is 32.6 Å². The van der Waals surface area contributed by atoms with E-state index in [1.165, 1.54) is 0 Å². The first kappa shape index (κ1) is 11.4. The molecule has 0 rings (SSSR count). The molecule has 0 heterocycles. The SMILES string of the molecule is C=CC(C)=NCC(C)C(C)CO. The van der Waals surface area contributed by atoms with Gasteiger partial charge in [-0.05, 0) is 24.8 Å². The lowest BCUT2D eigenvalue weighted by molar-refractivity contribution is 0.199. The van der Waals surface area contributed by atoms with Gasteiger partial charge in [0, 0.05) is 18.9 Å². The van der Waals surface area contributed by atoms with Crippen LogP contribution in [-0.2, 0) is 0 Å². The fourth-order valence-corrected chi connectivity index (χ4v) is 0.712. The highest BCUT2D eigenvalue weighted by Gasteiger charge is 2.09. The lowest BCUT2D eigenvalue weighted by atomic mass is 9.97. The van der Waals surface area contributed by atoms with E-state index in [2.05, 4.69) is 18.5 Å². The lowest BCUT2D eigenvalue weighted by Crippen LogP contribution is -2.15. The molecule has 12 heavy (non-hydrogen) atoms. The molecular formula is C10H19NO. The Labute approximate surface area is 75.0 Å². The molecule has 0 saturated heterocycles. The van der Waals surface area contributed by atoms with Crippen LogP contribution in [0.5, 0.6) is 0 Å². The number of allylic oxidation sites excluding steroid dienone is 1. The average Bonchev–Trinajstić information content (AvgIpc) is 2.11. The van der Waals surface area contributed by atoms with Gasteiger partial charge in [-0.25, -0.2) is 0 Å². The van der Waals surface area contributed by atoms with Gasteiger partial charge in [0.15, 0.2) is 0 Å². The van der Waals surface area contributed by atoms with Crippen LogP contribution < -0.4 is 0 Å². The normalized spacial score (nSPS) is 17.2. The second-order valence-electron chi connectivity index (χ2n) is 3.32. The van der Waals surface area contributed by atoms with Gasteiger partial charge in [0.2, 0.25) is 0 Å². The minimum absolute atomic E-state index is 0.240. The Kier molecular flexibility index (Phi) is 5.64. The maximum atomic E-state index is 8.86. The third-order valence-corrected chi connectivity index (χ3v) is 2.18. The second kappa shape index (κ2) is 5.95. The van der Waals surface area contributed by atoms with Gasteiger partial charge in [0.25, 0.3) is 0 Å². The molecule has 0 spiro atoms. The number of hydrogen-bond donors (Lipinski definition) is 1. The van der Waals surface area contributed by atoms with Gasteiger partial charge >= 0.3 is 0 Å². The molecule has 2 nitrogen and oxygen atoms in total. The van der Waals surface area contributed by atoms with Crippen LogP contribution in [0, 0.1) is 11.8 Å². The summed E-state index contributed by atoms with van der Waals surface area (Å²) in [4.78, 5) is 4.30. The average molecular weight is 169 g/mol. The zero-order valence-electron chi connectivity index (χ0n) is 8.25. The van der Waals surface area contributed by atoms with Crippen molar-refractivity contribution in [1.82, 2.24) is 0 Å². The van der Waals surface area contributed by atoms with Crippen LogP contribution in [0.25, 0.3) is 0 Å². The first-order valence-electron chi connectivity index (χ1n) is 4.36. The van der Waals surface area contributed by atoms with E-state index in [4.69, 9.17) is 5.11 Å². The molecular weight excluding hydrogens is 150 g/mol. The van der Waals surface area contributed by atoms with Crippen molar-refractivity contribution in [3.05, 3.63) is 12.7 Å². The van der Waals surface area contributed by atoms with Crippen molar-refractivity contribution in [1.29, 1.82) is 0 Å². The molecule has 0 radical (unpaired) electrons. The maximum Gasteiger partial charge on any atom is 0.0459 e. The summed E-state index contributed by atoms with van der Waals surface area (Å²) in [6.07, 6.45) is 1.75. The van der Waals surface area contributed by atoms with Crippen molar-refractivity contribution in [3.63, 3.8) is 0 Å². The summed E-state index contributed by atoms with van der Waals surface area (Å²) in [5, 5.41) is 8.86. The van der Waals surface area contributed by atoms with Crippen LogP contribution in [0.4, 0.5) is 0 Å². The molecule has 0 fully saturated rings. The van der Waals surface area contributed by atoms with Crippen molar-refractivity contribution in [2.24, 2.45) is 16.8 Å². The van der Waals surface area contributed by atoms with Gasteiger partial charge in [-0.3, -0.25) is 4.99 Å². The Morgan fingerprint density at radius 3 is 2.50 bits per heavy atom. The monoisotopic (exact) mass is 169 g/mol. The van der Waals surface area contributed by atoms with Crippen LogP contribution in [0.2, 0.25) is 0 Å². The van der Waals surface area contributed by atoms with Crippen LogP contribution in [0.3, 0.4) is 0 Å². The standard InChI is InChI=1S/C10H19NO/c1-5-10(4)11-6-8(2)9(3)7-12/h5,8-9,12H,1,6-7H2,2-4H3. The molecule has 0 amide bonds. The molecule has 0 aromatic carbocycles. The third-order valence-electron chi connectivity index (χ3n) is 2.18. The highest BCUT2D eigenvalue weighted by Crippen LogP contribution is 2.09. The molecule has 0 saturated carbocycles. The number of aliphatic hydroxyl groups is 1. The third kappa shape index (κ3) is 4.29. The van der Waals surface area contributed by atoms with Gasteiger partial charge in [-0.2, -0.15) is 0 Å². The van der Waals surface area contributed by atoms with Crippen molar-refractivity contribution in [2.45, 2.75) is 20.8 Å². The molecule has 1 N–H and O–H groups in total. The Bertz CT molecular complexity index is 163. The molecule has 0 bridgehead atoms. The van der Waals surface area contributed by atoms with Crippen LogP contribution in [0.1, 0.15) is 20.8 Å². The Balaban J connectivity index is 3.84. The molecule has 2 atom stereocenters. The van der Waals surface area contributed by atoms with Gasteiger partial charge in [0.05, 0.1) is 0 Å². The second-order valence-corrected chi connectivity index (χ2v) is 3.32. The van der Waals surface area contributed by atoms with Crippen LogP contribution in [-0.4, -0.2) is 24.0 Å². The summed E-state index contributed by atoms with van der Waals surface area (Å²) in [6.45, 7) is 10.7. The zero-order chi connectivity index (χ0) is 9.56.